The topological polar surface area (TPSA) is 129 Å². The van der Waals surface area contributed by atoms with Crippen LogP contribution in [-0.2, 0) is 34.1 Å². The Bertz CT molecular complexity index is 1480. The zero-order chi connectivity index (χ0) is 26.9. The maximum Gasteiger partial charge on any atom is 0.337 e. The lowest BCUT2D eigenvalue weighted by molar-refractivity contribution is -0.150. The molecule has 0 bridgehead atoms. The normalized spacial score (nSPS) is 19.0. The molecule has 0 unspecified atom stereocenters. The molecule has 0 saturated heterocycles. The van der Waals surface area contributed by atoms with E-state index >= 15 is 0 Å². The SMILES string of the molecule is COC(=O)C1=C(C(=O)OC)[C@](C(=O)OC)(c2ccccc2)N[C@H]1c1c(N(C)C)nc2ccccn2c1=O. The number of nitrogens with one attached hydrogen (secondary N) is 1. The lowest BCUT2D eigenvalue weighted by Crippen LogP contribution is -2.51. The number of esters is 3. The van der Waals surface area contributed by atoms with Crippen LogP contribution in [0.2, 0.25) is 0 Å². The Morgan fingerprint density at radius 1 is 0.946 bits per heavy atom. The number of nitrogens with zero attached hydrogens (tertiary/aromatic N) is 3. The number of pyridine rings is 1. The Labute approximate surface area is 212 Å². The Morgan fingerprint density at radius 3 is 2.19 bits per heavy atom. The minimum Gasteiger partial charge on any atom is -0.467 e. The van der Waals surface area contributed by atoms with Gasteiger partial charge in [0.1, 0.15) is 11.5 Å². The number of hydrogen-bond acceptors (Lipinski definition) is 10. The van der Waals surface area contributed by atoms with Gasteiger partial charge in [0.05, 0.1) is 44.1 Å². The summed E-state index contributed by atoms with van der Waals surface area (Å²) in [7, 11) is 6.80. The van der Waals surface area contributed by atoms with E-state index in [1.54, 1.807) is 67.5 Å². The van der Waals surface area contributed by atoms with Crippen LogP contribution in [-0.4, -0.2) is 62.7 Å². The Morgan fingerprint density at radius 2 is 1.59 bits per heavy atom. The van der Waals surface area contributed by atoms with Gasteiger partial charge >= 0.3 is 17.9 Å². The molecule has 3 aromatic rings. The predicted molar refractivity (Wildman–Crippen MR) is 133 cm³/mol. The first-order chi connectivity index (χ1) is 17.7. The second-order valence-corrected chi connectivity index (χ2v) is 8.43. The van der Waals surface area contributed by atoms with Crippen LogP contribution in [0.3, 0.4) is 0 Å². The smallest absolute Gasteiger partial charge is 0.337 e. The highest BCUT2D eigenvalue weighted by Gasteiger charge is 2.59. The standard InChI is InChI=1S/C26H26N4O7/c1-29(2)21-18(22(31)30-14-10-9-13-16(30)27-21)20-17(23(32)35-3)19(24(33)36-4)26(28-20,25(34)37-5)15-11-7-6-8-12-15/h6-14,20,28H,1-5H3/t20-,26+/m1/s1. The van der Waals surface area contributed by atoms with Crippen molar-refractivity contribution in [1.29, 1.82) is 0 Å². The van der Waals surface area contributed by atoms with Gasteiger partial charge in [-0.2, -0.15) is 0 Å². The van der Waals surface area contributed by atoms with Crippen LogP contribution in [0.1, 0.15) is 17.2 Å². The fraction of sp³-hybridized carbons (Fsp3) is 0.269. The highest BCUT2D eigenvalue weighted by atomic mass is 16.5. The minimum atomic E-state index is -2.00. The lowest BCUT2D eigenvalue weighted by atomic mass is 9.82. The molecule has 1 N–H and O–H groups in total. The third-order valence-electron chi connectivity index (χ3n) is 6.25. The summed E-state index contributed by atoms with van der Waals surface area (Å²) in [5, 5.41) is 3.09. The van der Waals surface area contributed by atoms with E-state index in [-0.39, 0.29) is 22.5 Å². The van der Waals surface area contributed by atoms with Crippen LogP contribution in [0.4, 0.5) is 5.82 Å². The highest BCUT2D eigenvalue weighted by Crippen LogP contribution is 2.46. The molecule has 0 saturated carbocycles. The molecule has 0 aliphatic carbocycles. The van der Waals surface area contributed by atoms with E-state index in [0.29, 0.717) is 11.2 Å². The van der Waals surface area contributed by atoms with Crippen LogP contribution < -0.4 is 15.8 Å². The molecule has 2 atom stereocenters. The van der Waals surface area contributed by atoms with Gasteiger partial charge in [-0.25, -0.2) is 19.4 Å². The van der Waals surface area contributed by atoms with Crippen LogP contribution in [0.25, 0.3) is 5.65 Å². The molecule has 3 heterocycles. The van der Waals surface area contributed by atoms with E-state index in [1.165, 1.54) is 10.6 Å². The Balaban J connectivity index is 2.17. The maximum absolute atomic E-state index is 13.9. The summed E-state index contributed by atoms with van der Waals surface area (Å²) >= 11 is 0. The fourth-order valence-electron chi connectivity index (χ4n) is 4.65. The average Bonchev–Trinajstić information content (AvgIpc) is 3.28. The monoisotopic (exact) mass is 506 g/mol. The molecule has 1 aliphatic rings. The zero-order valence-corrected chi connectivity index (χ0v) is 21.0. The summed E-state index contributed by atoms with van der Waals surface area (Å²) in [6.45, 7) is 0. The highest BCUT2D eigenvalue weighted by molar-refractivity contribution is 6.10. The van der Waals surface area contributed by atoms with Gasteiger partial charge in [0.15, 0.2) is 5.54 Å². The molecule has 11 nitrogen and oxygen atoms in total. The quantitative estimate of drug-likeness (QED) is 0.384. The second-order valence-electron chi connectivity index (χ2n) is 8.43. The van der Waals surface area contributed by atoms with Gasteiger partial charge in [-0.3, -0.25) is 14.5 Å². The van der Waals surface area contributed by atoms with Gasteiger partial charge in [0, 0.05) is 20.3 Å². The average molecular weight is 507 g/mol. The third-order valence-corrected chi connectivity index (χ3v) is 6.25. The first kappa shape index (κ1) is 25.6. The van der Waals surface area contributed by atoms with Crippen molar-refractivity contribution < 1.29 is 28.6 Å². The Hall–Kier alpha value is -4.51. The summed E-state index contributed by atoms with van der Waals surface area (Å²) < 4.78 is 16.5. The maximum atomic E-state index is 13.9. The first-order valence-corrected chi connectivity index (χ1v) is 11.2. The molecular weight excluding hydrogens is 480 g/mol. The van der Waals surface area contributed by atoms with Gasteiger partial charge in [0.2, 0.25) is 0 Å². The number of hydrogen-bond donors (Lipinski definition) is 1. The van der Waals surface area contributed by atoms with E-state index in [1.807, 2.05) is 0 Å². The van der Waals surface area contributed by atoms with Crippen molar-refractivity contribution in [1.82, 2.24) is 14.7 Å². The summed E-state index contributed by atoms with van der Waals surface area (Å²) in [4.78, 5) is 60.2. The van der Waals surface area contributed by atoms with Gasteiger partial charge in [-0.1, -0.05) is 36.4 Å². The number of ether oxygens (including phenoxy) is 3. The van der Waals surface area contributed by atoms with E-state index in [9.17, 15) is 19.2 Å². The third kappa shape index (κ3) is 3.93. The molecule has 11 heteroatoms. The number of carbonyl (C=O) groups is 3. The summed E-state index contributed by atoms with van der Waals surface area (Å²) in [6.07, 6.45) is 1.54. The van der Waals surface area contributed by atoms with E-state index in [0.717, 1.165) is 21.3 Å². The molecule has 2 aromatic heterocycles. The molecule has 192 valence electrons. The minimum absolute atomic E-state index is 0.0252. The number of fused-ring (bicyclic) bond motifs is 1. The number of carbonyl (C=O) groups excluding carboxylic acids is 3. The molecule has 0 amide bonds. The summed E-state index contributed by atoms with van der Waals surface area (Å²) in [5.41, 5.74) is -2.41. The zero-order valence-electron chi connectivity index (χ0n) is 21.0. The second kappa shape index (κ2) is 9.86. The molecule has 1 aromatic carbocycles. The molecular formula is C26H26N4O7. The van der Waals surface area contributed by atoms with Gasteiger partial charge in [0.25, 0.3) is 5.56 Å². The molecule has 37 heavy (non-hydrogen) atoms. The molecule has 4 rings (SSSR count). The van der Waals surface area contributed by atoms with Crippen molar-refractivity contribution in [3.8, 4) is 0 Å². The van der Waals surface area contributed by atoms with Gasteiger partial charge in [-0.15, -0.1) is 0 Å². The van der Waals surface area contributed by atoms with Gasteiger partial charge < -0.3 is 19.1 Å². The Kier molecular flexibility index (Phi) is 6.82. The van der Waals surface area contributed by atoms with Crippen molar-refractivity contribution >= 4 is 29.4 Å². The fourth-order valence-corrected chi connectivity index (χ4v) is 4.65. The van der Waals surface area contributed by atoms with E-state index in [4.69, 9.17) is 14.2 Å². The van der Waals surface area contributed by atoms with Crippen molar-refractivity contribution in [2.75, 3.05) is 40.3 Å². The summed E-state index contributed by atoms with van der Waals surface area (Å²) in [6, 6.07) is 12.0. The molecule has 0 radical (unpaired) electrons. The largest absolute Gasteiger partial charge is 0.467 e. The number of anilines is 1. The van der Waals surface area contributed by atoms with Crippen molar-refractivity contribution in [2.45, 2.75) is 11.6 Å². The van der Waals surface area contributed by atoms with E-state index in [2.05, 4.69) is 10.3 Å². The van der Waals surface area contributed by atoms with Gasteiger partial charge in [-0.05, 0) is 17.7 Å². The number of rotatable bonds is 6. The van der Waals surface area contributed by atoms with Crippen molar-refractivity contribution in [2.24, 2.45) is 0 Å². The first-order valence-electron chi connectivity index (χ1n) is 11.2. The lowest BCUT2D eigenvalue weighted by Gasteiger charge is -2.31. The summed E-state index contributed by atoms with van der Waals surface area (Å²) in [5.74, 6) is -2.55. The van der Waals surface area contributed by atoms with Crippen LogP contribution in [0.15, 0.2) is 70.7 Å². The van der Waals surface area contributed by atoms with Crippen LogP contribution in [0.5, 0.6) is 0 Å². The molecule has 0 spiro atoms. The van der Waals surface area contributed by atoms with Crippen LogP contribution in [0, 0.1) is 0 Å². The number of methoxy groups -OCH3 is 3. The number of aromatic nitrogens is 2. The van der Waals surface area contributed by atoms with E-state index < -0.39 is 35.0 Å². The molecule has 0 fully saturated rings. The number of benzene rings is 1. The van der Waals surface area contributed by atoms with Crippen molar-refractivity contribution in [3.05, 3.63) is 87.4 Å². The molecule has 1 aliphatic heterocycles. The van der Waals surface area contributed by atoms with Crippen LogP contribution >= 0.6 is 0 Å². The predicted octanol–water partition coefficient (Wildman–Crippen LogP) is 1.12. The van der Waals surface area contributed by atoms with Crippen molar-refractivity contribution in [3.63, 3.8) is 0 Å².